The second-order valence-corrected chi connectivity index (χ2v) is 6.18. The largest absolute Gasteiger partial charge is 0.497 e. The average molecular weight is 414 g/mol. The highest BCUT2D eigenvalue weighted by Crippen LogP contribution is 2.18. The molecule has 0 spiro atoms. The van der Waals surface area contributed by atoms with Crippen LogP contribution in [-0.2, 0) is 9.47 Å². The molecule has 2 heterocycles. The zero-order valence-corrected chi connectivity index (χ0v) is 17.8. The number of methoxy groups -OCH3 is 1. The summed E-state index contributed by atoms with van der Waals surface area (Å²) in [7, 11) is 1.61. The van der Waals surface area contributed by atoms with Gasteiger partial charge in [0.2, 0.25) is 0 Å². The Morgan fingerprint density at radius 3 is 2.37 bits per heavy atom. The lowest BCUT2D eigenvalue weighted by atomic mass is 10.3. The summed E-state index contributed by atoms with van der Waals surface area (Å²) in [4.78, 5) is 22.7. The molecule has 3 rings (SSSR count). The molecule has 0 fully saturated rings. The van der Waals surface area contributed by atoms with E-state index in [-0.39, 0.29) is 5.97 Å². The number of nitrogens with one attached hydrogen (secondary N) is 1. The normalized spacial score (nSPS) is 10.0. The third kappa shape index (κ3) is 5.69. The lowest BCUT2D eigenvalue weighted by Crippen LogP contribution is -2.07. The molecular formula is C21H26N4O5. The van der Waals surface area contributed by atoms with E-state index in [1.807, 2.05) is 31.2 Å². The highest BCUT2D eigenvalue weighted by Gasteiger charge is 2.15. The topological polar surface area (TPSA) is 108 Å². The van der Waals surface area contributed by atoms with Crippen LogP contribution in [0.4, 0.5) is 0 Å². The Morgan fingerprint density at radius 1 is 1.07 bits per heavy atom. The summed E-state index contributed by atoms with van der Waals surface area (Å²) in [5, 5.41) is 10.5. The van der Waals surface area contributed by atoms with E-state index >= 15 is 0 Å². The van der Waals surface area contributed by atoms with Crippen LogP contribution in [0.3, 0.4) is 0 Å². The minimum absolute atomic E-state index is 0.338. The number of aryl methyl sites for hydroxylation is 2. The van der Waals surface area contributed by atoms with Gasteiger partial charge in [0, 0.05) is 23.4 Å². The van der Waals surface area contributed by atoms with Gasteiger partial charge in [0.1, 0.15) is 11.4 Å². The Morgan fingerprint density at radius 2 is 1.77 bits per heavy atom. The second kappa shape index (κ2) is 10.8. The van der Waals surface area contributed by atoms with E-state index in [4.69, 9.17) is 14.2 Å². The lowest BCUT2D eigenvalue weighted by Gasteiger charge is -2.04. The highest BCUT2D eigenvalue weighted by atomic mass is 16.5. The van der Waals surface area contributed by atoms with Gasteiger partial charge in [-0.15, -0.1) is 0 Å². The summed E-state index contributed by atoms with van der Waals surface area (Å²) in [6.45, 7) is 7.89. The molecule has 0 saturated heterocycles. The van der Waals surface area contributed by atoms with Gasteiger partial charge in [0.05, 0.1) is 32.2 Å². The van der Waals surface area contributed by atoms with Gasteiger partial charge in [-0.05, 0) is 39.8 Å². The summed E-state index contributed by atoms with van der Waals surface area (Å²) in [5.41, 5.74) is 3.19. The molecule has 0 aliphatic rings. The number of hydrogen-bond donors (Lipinski definition) is 1. The molecule has 0 atom stereocenters. The molecule has 1 N–H and O–H groups in total. The van der Waals surface area contributed by atoms with Crippen molar-refractivity contribution in [1.82, 2.24) is 20.0 Å². The van der Waals surface area contributed by atoms with Crippen molar-refractivity contribution in [1.29, 1.82) is 0 Å². The van der Waals surface area contributed by atoms with E-state index in [0.717, 1.165) is 22.6 Å². The van der Waals surface area contributed by atoms with E-state index in [0.29, 0.717) is 24.6 Å². The van der Waals surface area contributed by atoms with Crippen molar-refractivity contribution in [3.63, 3.8) is 0 Å². The van der Waals surface area contributed by atoms with Gasteiger partial charge in [0.15, 0.2) is 5.69 Å². The van der Waals surface area contributed by atoms with Gasteiger partial charge in [-0.3, -0.25) is 5.10 Å². The standard InChI is InChI=1S/C14H16N2O3.C7H10N2O2/c1-4-19-14(17)13-10(2)9-16(15-13)11-6-5-7-12(8-11)18-3;1-3-11-7(10)6-5(2)4-8-9-6/h5-9H,4H2,1-3H3;4H,3H2,1-2H3,(H,8,9). The van der Waals surface area contributed by atoms with Crippen LogP contribution in [0, 0.1) is 13.8 Å². The molecule has 9 heteroatoms. The Kier molecular flexibility index (Phi) is 8.16. The molecule has 1 aromatic carbocycles. The SMILES string of the molecule is CCOC(=O)c1[nH]ncc1C.CCOC(=O)c1nn(-c2cccc(OC)c2)cc1C. The van der Waals surface area contributed by atoms with Crippen molar-refractivity contribution in [2.24, 2.45) is 0 Å². The summed E-state index contributed by atoms with van der Waals surface area (Å²) < 4.78 is 16.5. The zero-order chi connectivity index (χ0) is 22.1. The maximum atomic E-state index is 11.7. The van der Waals surface area contributed by atoms with Crippen LogP contribution in [0.2, 0.25) is 0 Å². The Hall–Kier alpha value is -3.62. The molecule has 0 saturated carbocycles. The van der Waals surface area contributed by atoms with E-state index in [1.165, 1.54) is 0 Å². The number of carbonyl (C=O) groups excluding carboxylic acids is 2. The molecule has 0 bridgehead atoms. The van der Waals surface area contributed by atoms with Crippen LogP contribution in [0.25, 0.3) is 5.69 Å². The number of aromatic nitrogens is 4. The number of ether oxygens (including phenoxy) is 3. The quantitative estimate of drug-likeness (QED) is 0.617. The molecular weight excluding hydrogens is 388 g/mol. The van der Waals surface area contributed by atoms with Crippen LogP contribution in [0.15, 0.2) is 36.7 Å². The summed E-state index contributed by atoms with van der Waals surface area (Å²) in [5.74, 6) is -0.00696. The van der Waals surface area contributed by atoms with Crippen molar-refractivity contribution in [2.75, 3.05) is 20.3 Å². The monoisotopic (exact) mass is 414 g/mol. The van der Waals surface area contributed by atoms with Gasteiger partial charge < -0.3 is 14.2 Å². The van der Waals surface area contributed by atoms with Crippen molar-refractivity contribution >= 4 is 11.9 Å². The van der Waals surface area contributed by atoms with Crippen LogP contribution in [0.1, 0.15) is 46.0 Å². The number of benzene rings is 1. The fourth-order valence-electron chi connectivity index (χ4n) is 2.50. The minimum Gasteiger partial charge on any atom is -0.497 e. The van der Waals surface area contributed by atoms with Gasteiger partial charge in [-0.1, -0.05) is 6.07 Å². The molecule has 0 radical (unpaired) electrons. The number of aromatic amines is 1. The van der Waals surface area contributed by atoms with Gasteiger partial charge in [0.25, 0.3) is 0 Å². The third-order valence-corrected chi connectivity index (χ3v) is 3.99. The smallest absolute Gasteiger partial charge is 0.359 e. The number of H-pyrrole nitrogens is 1. The number of rotatable bonds is 6. The number of esters is 2. The molecule has 3 aromatic rings. The summed E-state index contributed by atoms with van der Waals surface area (Å²) >= 11 is 0. The molecule has 30 heavy (non-hydrogen) atoms. The van der Waals surface area contributed by atoms with Crippen LogP contribution >= 0.6 is 0 Å². The lowest BCUT2D eigenvalue weighted by molar-refractivity contribution is 0.0508. The molecule has 0 unspecified atom stereocenters. The maximum absolute atomic E-state index is 11.7. The van der Waals surface area contributed by atoms with E-state index in [1.54, 1.807) is 45.0 Å². The van der Waals surface area contributed by atoms with Gasteiger partial charge in [-0.2, -0.15) is 10.2 Å². The minimum atomic E-state index is -0.401. The molecule has 2 aromatic heterocycles. The Bertz CT molecular complexity index is 993. The fraction of sp³-hybridized carbons (Fsp3) is 0.333. The molecule has 9 nitrogen and oxygen atoms in total. The molecule has 0 aliphatic heterocycles. The predicted molar refractivity (Wildman–Crippen MR) is 110 cm³/mol. The number of carbonyl (C=O) groups is 2. The molecule has 0 amide bonds. The Balaban J connectivity index is 0.000000248. The van der Waals surface area contributed by atoms with Crippen molar-refractivity contribution < 1.29 is 23.8 Å². The average Bonchev–Trinajstić information content (AvgIpc) is 3.34. The Labute approximate surface area is 175 Å². The van der Waals surface area contributed by atoms with E-state index in [2.05, 4.69) is 15.3 Å². The van der Waals surface area contributed by atoms with Crippen LogP contribution < -0.4 is 4.74 Å². The molecule has 160 valence electrons. The van der Waals surface area contributed by atoms with E-state index in [9.17, 15) is 9.59 Å². The van der Waals surface area contributed by atoms with Crippen molar-refractivity contribution in [3.05, 3.63) is 59.2 Å². The predicted octanol–water partition coefficient (Wildman–Crippen LogP) is 3.26. The number of nitrogens with zero attached hydrogens (tertiary/aromatic N) is 3. The first kappa shape index (κ1) is 22.7. The second-order valence-electron chi connectivity index (χ2n) is 6.18. The van der Waals surface area contributed by atoms with Gasteiger partial charge in [-0.25, -0.2) is 14.3 Å². The fourth-order valence-corrected chi connectivity index (χ4v) is 2.50. The first-order chi connectivity index (χ1) is 14.4. The zero-order valence-electron chi connectivity index (χ0n) is 17.8. The maximum Gasteiger partial charge on any atom is 0.359 e. The highest BCUT2D eigenvalue weighted by molar-refractivity contribution is 5.89. The van der Waals surface area contributed by atoms with Crippen LogP contribution in [-0.4, -0.2) is 52.2 Å². The van der Waals surface area contributed by atoms with Crippen molar-refractivity contribution in [3.8, 4) is 11.4 Å². The van der Waals surface area contributed by atoms with E-state index < -0.39 is 5.97 Å². The van der Waals surface area contributed by atoms with Crippen molar-refractivity contribution in [2.45, 2.75) is 27.7 Å². The third-order valence-electron chi connectivity index (χ3n) is 3.99. The first-order valence-electron chi connectivity index (χ1n) is 9.46. The van der Waals surface area contributed by atoms with Gasteiger partial charge >= 0.3 is 11.9 Å². The van der Waals surface area contributed by atoms with Crippen LogP contribution in [0.5, 0.6) is 5.75 Å². The molecule has 0 aliphatic carbocycles. The summed E-state index contributed by atoms with van der Waals surface area (Å²) in [6.07, 6.45) is 3.38. The first-order valence-corrected chi connectivity index (χ1v) is 9.46. The summed E-state index contributed by atoms with van der Waals surface area (Å²) in [6, 6.07) is 7.46. The number of hydrogen-bond acceptors (Lipinski definition) is 7.